The highest BCUT2D eigenvalue weighted by Gasteiger charge is 2.16. The van der Waals surface area contributed by atoms with E-state index in [4.69, 9.17) is 9.15 Å². The van der Waals surface area contributed by atoms with Crippen LogP contribution in [0.3, 0.4) is 0 Å². The van der Waals surface area contributed by atoms with Crippen LogP contribution in [0.2, 0.25) is 0 Å². The Bertz CT molecular complexity index is 627. The minimum Gasteiger partial charge on any atom is -0.480 e. The Morgan fingerprint density at radius 3 is 2.79 bits per heavy atom. The smallest absolute Gasteiger partial charge is 0.253 e. The largest absolute Gasteiger partial charge is 0.480 e. The molecule has 5 nitrogen and oxygen atoms in total. The highest BCUT2D eigenvalue weighted by Crippen LogP contribution is 2.28. The third-order valence-corrected chi connectivity index (χ3v) is 2.75. The number of ether oxygens (including phenoxy) is 1. The van der Waals surface area contributed by atoms with Gasteiger partial charge in [-0.05, 0) is 19.1 Å². The fourth-order valence-electron chi connectivity index (χ4n) is 1.50. The summed E-state index contributed by atoms with van der Waals surface area (Å²) in [6.07, 6.45) is 0. The summed E-state index contributed by atoms with van der Waals surface area (Å²) >= 11 is 3.13. The van der Waals surface area contributed by atoms with Gasteiger partial charge < -0.3 is 9.15 Å². The lowest BCUT2D eigenvalue weighted by Crippen LogP contribution is -2.04. The van der Waals surface area contributed by atoms with Crippen molar-refractivity contribution in [2.75, 3.05) is 0 Å². The molecule has 100 valence electrons. The van der Waals surface area contributed by atoms with E-state index in [9.17, 15) is 9.18 Å². The van der Waals surface area contributed by atoms with Gasteiger partial charge in [-0.1, -0.05) is 15.9 Å². The van der Waals surface area contributed by atoms with Crippen LogP contribution in [0.15, 0.2) is 21.0 Å². The number of ketones is 1. The van der Waals surface area contributed by atoms with Crippen molar-refractivity contribution in [1.29, 1.82) is 0 Å². The number of carbonyl (C=O) groups is 1. The monoisotopic (exact) mass is 328 g/mol. The zero-order chi connectivity index (χ0) is 14.0. The standard InChI is InChI=1S/C12H10BrFN2O3/c1-6(17)9-3-8(13)4-10(14)12(9)18-5-11-16-15-7(2)19-11/h3-4H,5H2,1-2H3. The Hall–Kier alpha value is -1.76. The lowest BCUT2D eigenvalue weighted by atomic mass is 10.1. The molecule has 2 rings (SSSR count). The molecule has 0 atom stereocenters. The quantitative estimate of drug-likeness (QED) is 0.807. The minimum atomic E-state index is -0.629. The molecule has 0 amide bonds. The minimum absolute atomic E-state index is 0.0975. The summed E-state index contributed by atoms with van der Waals surface area (Å²) < 4.78 is 24.7. The molecule has 0 fully saturated rings. The van der Waals surface area contributed by atoms with Gasteiger partial charge in [0.15, 0.2) is 24.0 Å². The zero-order valence-corrected chi connectivity index (χ0v) is 11.8. The van der Waals surface area contributed by atoms with Gasteiger partial charge in [-0.2, -0.15) is 0 Å². The average molecular weight is 329 g/mol. The SMILES string of the molecule is CC(=O)c1cc(Br)cc(F)c1OCc1nnc(C)o1. The number of hydrogen-bond acceptors (Lipinski definition) is 5. The van der Waals surface area contributed by atoms with Gasteiger partial charge in [-0.15, -0.1) is 10.2 Å². The molecule has 7 heteroatoms. The van der Waals surface area contributed by atoms with Gasteiger partial charge in [0.25, 0.3) is 5.89 Å². The zero-order valence-electron chi connectivity index (χ0n) is 10.2. The lowest BCUT2D eigenvalue weighted by molar-refractivity contribution is 0.101. The second-order valence-corrected chi connectivity index (χ2v) is 4.74. The number of halogens is 2. The molecule has 0 aliphatic rings. The Morgan fingerprint density at radius 1 is 1.47 bits per heavy atom. The predicted molar refractivity (Wildman–Crippen MR) is 67.5 cm³/mol. The summed E-state index contributed by atoms with van der Waals surface area (Å²) in [6.45, 7) is 2.88. The van der Waals surface area contributed by atoms with Crippen LogP contribution in [-0.4, -0.2) is 16.0 Å². The Balaban J connectivity index is 2.26. The van der Waals surface area contributed by atoms with Gasteiger partial charge in [-0.3, -0.25) is 4.79 Å². The Morgan fingerprint density at radius 2 is 2.21 bits per heavy atom. The number of hydrogen-bond donors (Lipinski definition) is 0. The fourth-order valence-corrected chi connectivity index (χ4v) is 1.93. The number of aryl methyl sites for hydroxylation is 1. The summed E-state index contributed by atoms with van der Waals surface area (Å²) in [6, 6.07) is 2.72. The number of nitrogens with zero attached hydrogens (tertiary/aromatic N) is 2. The van der Waals surface area contributed by atoms with Crippen molar-refractivity contribution < 1.29 is 18.3 Å². The van der Waals surface area contributed by atoms with Crippen molar-refractivity contribution in [3.63, 3.8) is 0 Å². The first kappa shape index (κ1) is 13.7. The first-order valence-electron chi connectivity index (χ1n) is 5.39. The van der Waals surface area contributed by atoms with Crippen molar-refractivity contribution >= 4 is 21.7 Å². The molecule has 2 aromatic rings. The topological polar surface area (TPSA) is 65.2 Å². The van der Waals surface area contributed by atoms with Crippen molar-refractivity contribution in [3.05, 3.63) is 39.8 Å². The van der Waals surface area contributed by atoms with E-state index in [1.54, 1.807) is 6.92 Å². The molecule has 0 N–H and O–H groups in total. The number of rotatable bonds is 4. The van der Waals surface area contributed by atoms with Gasteiger partial charge in [0.05, 0.1) is 5.56 Å². The Kier molecular flexibility index (Phi) is 3.94. The summed E-state index contributed by atoms with van der Waals surface area (Å²) in [5.41, 5.74) is 0.156. The van der Waals surface area contributed by atoms with E-state index in [1.165, 1.54) is 19.1 Å². The summed E-state index contributed by atoms with van der Waals surface area (Å²) in [7, 11) is 0. The molecule has 1 aromatic heterocycles. The number of Topliss-reactive ketones (excluding diaryl/α,β-unsaturated/α-hetero) is 1. The van der Waals surface area contributed by atoms with Gasteiger partial charge >= 0.3 is 0 Å². The fraction of sp³-hybridized carbons (Fsp3) is 0.250. The van der Waals surface area contributed by atoms with E-state index in [2.05, 4.69) is 26.1 Å². The van der Waals surface area contributed by atoms with E-state index in [0.717, 1.165) is 0 Å². The van der Waals surface area contributed by atoms with E-state index < -0.39 is 5.82 Å². The number of aromatic nitrogens is 2. The molecule has 0 unspecified atom stereocenters. The molecule has 19 heavy (non-hydrogen) atoms. The van der Waals surface area contributed by atoms with Crippen LogP contribution in [0.4, 0.5) is 4.39 Å². The molecule has 0 spiro atoms. The highest BCUT2D eigenvalue weighted by molar-refractivity contribution is 9.10. The van der Waals surface area contributed by atoms with Crippen LogP contribution in [0.25, 0.3) is 0 Å². The normalized spacial score (nSPS) is 10.5. The second-order valence-electron chi connectivity index (χ2n) is 3.82. The summed E-state index contributed by atoms with van der Waals surface area (Å²) in [4.78, 5) is 11.5. The van der Waals surface area contributed by atoms with Crippen LogP contribution in [-0.2, 0) is 6.61 Å². The predicted octanol–water partition coefficient (Wildman–Crippen LogP) is 3.06. The van der Waals surface area contributed by atoms with Crippen molar-refractivity contribution in [2.24, 2.45) is 0 Å². The molecule has 0 saturated heterocycles. The molecular formula is C12H10BrFN2O3. The Labute approximate surface area is 116 Å². The van der Waals surface area contributed by atoms with Crippen LogP contribution in [0.5, 0.6) is 5.75 Å². The molecule has 1 heterocycles. The van der Waals surface area contributed by atoms with E-state index in [1.807, 2.05) is 0 Å². The maximum absolute atomic E-state index is 13.8. The summed E-state index contributed by atoms with van der Waals surface area (Å²) in [5.74, 6) is -0.435. The van der Waals surface area contributed by atoms with Crippen molar-refractivity contribution in [3.8, 4) is 5.75 Å². The molecular weight excluding hydrogens is 319 g/mol. The number of carbonyl (C=O) groups excluding carboxylic acids is 1. The van der Waals surface area contributed by atoms with Crippen molar-refractivity contribution in [1.82, 2.24) is 10.2 Å². The average Bonchev–Trinajstić information content (AvgIpc) is 2.73. The molecule has 0 bridgehead atoms. The van der Waals surface area contributed by atoms with Gasteiger partial charge in [-0.25, -0.2) is 4.39 Å². The first-order chi connectivity index (χ1) is 8.97. The number of benzene rings is 1. The van der Waals surface area contributed by atoms with Gasteiger partial charge in [0, 0.05) is 11.4 Å². The maximum Gasteiger partial charge on any atom is 0.253 e. The van der Waals surface area contributed by atoms with Gasteiger partial charge in [0.2, 0.25) is 5.89 Å². The third kappa shape index (κ3) is 3.17. The third-order valence-electron chi connectivity index (χ3n) is 2.30. The molecule has 0 aliphatic heterocycles. The maximum atomic E-state index is 13.8. The highest BCUT2D eigenvalue weighted by atomic mass is 79.9. The van der Waals surface area contributed by atoms with Crippen LogP contribution >= 0.6 is 15.9 Å². The second kappa shape index (κ2) is 5.48. The molecule has 0 radical (unpaired) electrons. The first-order valence-corrected chi connectivity index (χ1v) is 6.18. The summed E-state index contributed by atoms with van der Waals surface area (Å²) in [5, 5.41) is 7.35. The van der Waals surface area contributed by atoms with Gasteiger partial charge in [0.1, 0.15) is 0 Å². The van der Waals surface area contributed by atoms with Crippen molar-refractivity contribution in [2.45, 2.75) is 20.5 Å². The molecule has 1 aromatic carbocycles. The van der Waals surface area contributed by atoms with Crippen LogP contribution in [0, 0.1) is 12.7 Å². The van der Waals surface area contributed by atoms with E-state index in [0.29, 0.717) is 10.4 Å². The molecule has 0 saturated carbocycles. The molecule has 0 aliphatic carbocycles. The lowest BCUT2D eigenvalue weighted by Gasteiger charge is -2.09. The van der Waals surface area contributed by atoms with E-state index in [-0.39, 0.29) is 29.6 Å². The van der Waals surface area contributed by atoms with Crippen LogP contribution in [0.1, 0.15) is 29.1 Å². The van der Waals surface area contributed by atoms with E-state index >= 15 is 0 Å². The van der Waals surface area contributed by atoms with Crippen LogP contribution < -0.4 is 4.74 Å².